The van der Waals surface area contributed by atoms with Crippen molar-refractivity contribution >= 4 is 23.9 Å². The summed E-state index contributed by atoms with van der Waals surface area (Å²) in [7, 11) is 1.50. The predicted molar refractivity (Wildman–Crippen MR) is 96.4 cm³/mol. The Balaban J connectivity index is 1.70. The van der Waals surface area contributed by atoms with Gasteiger partial charge in [-0.25, -0.2) is 4.79 Å². The molecule has 2 rings (SSSR count). The SMILES string of the molecule is CCOc1ccc(/C=C/C(=O)OCC(=O)N(C)CC(=O)NC2CC2)cc1. The Labute approximate surface area is 153 Å². The van der Waals surface area contributed by atoms with Gasteiger partial charge in [0, 0.05) is 19.2 Å². The summed E-state index contributed by atoms with van der Waals surface area (Å²) in [6, 6.07) is 7.48. The van der Waals surface area contributed by atoms with E-state index in [1.54, 1.807) is 18.2 Å². The third-order valence-electron chi connectivity index (χ3n) is 3.69. The van der Waals surface area contributed by atoms with Gasteiger partial charge in [0.25, 0.3) is 5.91 Å². The number of carbonyl (C=O) groups excluding carboxylic acids is 3. The van der Waals surface area contributed by atoms with Gasteiger partial charge in [0.1, 0.15) is 5.75 Å². The molecule has 0 unspecified atom stereocenters. The molecule has 140 valence electrons. The van der Waals surface area contributed by atoms with Gasteiger partial charge >= 0.3 is 5.97 Å². The molecule has 1 saturated carbocycles. The van der Waals surface area contributed by atoms with Crippen molar-refractivity contribution in [1.82, 2.24) is 10.2 Å². The maximum absolute atomic E-state index is 11.9. The summed E-state index contributed by atoms with van der Waals surface area (Å²) in [6.07, 6.45) is 4.82. The number of hydrogen-bond donors (Lipinski definition) is 1. The standard InChI is InChI=1S/C19H24N2O5/c1-3-25-16-9-4-14(5-10-16)6-11-19(24)26-13-18(23)21(2)12-17(22)20-15-7-8-15/h4-6,9-11,15H,3,7-8,12-13H2,1-2H3,(H,20,22)/b11-6+. The maximum Gasteiger partial charge on any atom is 0.331 e. The fraction of sp³-hybridized carbons (Fsp3) is 0.421. The topological polar surface area (TPSA) is 84.9 Å². The van der Waals surface area contributed by atoms with Gasteiger partial charge in [0.05, 0.1) is 13.2 Å². The minimum absolute atomic E-state index is 0.0467. The van der Waals surface area contributed by atoms with Crippen LogP contribution in [0.1, 0.15) is 25.3 Å². The predicted octanol–water partition coefficient (Wildman–Crippen LogP) is 1.38. The molecule has 1 fully saturated rings. The van der Waals surface area contributed by atoms with Crippen LogP contribution in [0.2, 0.25) is 0 Å². The van der Waals surface area contributed by atoms with Crippen molar-refractivity contribution in [3.05, 3.63) is 35.9 Å². The average molecular weight is 360 g/mol. The van der Waals surface area contributed by atoms with Crippen molar-refractivity contribution in [3.63, 3.8) is 0 Å². The highest BCUT2D eigenvalue weighted by atomic mass is 16.5. The number of carbonyl (C=O) groups is 3. The van der Waals surface area contributed by atoms with Crippen molar-refractivity contribution in [2.24, 2.45) is 0 Å². The number of nitrogens with one attached hydrogen (secondary N) is 1. The van der Waals surface area contributed by atoms with Crippen LogP contribution in [-0.2, 0) is 19.1 Å². The van der Waals surface area contributed by atoms with Crippen LogP contribution in [0.15, 0.2) is 30.3 Å². The Morgan fingerprint density at radius 2 is 1.92 bits per heavy atom. The van der Waals surface area contributed by atoms with Gasteiger partial charge in [-0.15, -0.1) is 0 Å². The smallest absolute Gasteiger partial charge is 0.331 e. The van der Waals surface area contributed by atoms with Crippen LogP contribution < -0.4 is 10.1 Å². The molecule has 1 aromatic carbocycles. The number of hydrogen-bond acceptors (Lipinski definition) is 5. The van der Waals surface area contributed by atoms with Crippen molar-refractivity contribution in [2.75, 3.05) is 26.8 Å². The molecule has 0 heterocycles. The monoisotopic (exact) mass is 360 g/mol. The molecule has 2 amide bonds. The molecule has 0 aliphatic heterocycles. The fourth-order valence-corrected chi connectivity index (χ4v) is 2.10. The first-order valence-corrected chi connectivity index (χ1v) is 8.59. The second kappa shape index (κ2) is 9.60. The lowest BCUT2D eigenvalue weighted by atomic mass is 10.2. The molecule has 1 N–H and O–H groups in total. The van der Waals surface area contributed by atoms with E-state index in [-0.39, 0.29) is 18.5 Å². The number of nitrogens with zero attached hydrogens (tertiary/aromatic N) is 1. The number of esters is 1. The van der Waals surface area contributed by atoms with Gasteiger partial charge in [-0.1, -0.05) is 12.1 Å². The highest BCUT2D eigenvalue weighted by molar-refractivity contribution is 5.90. The average Bonchev–Trinajstić information content (AvgIpc) is 3.43. The fourth-order valence-electron chi connectivity index (χ4n) is 2.10. The summed E-state index contributed by atoms with van der Waals surface area (Å²) in [4.78, 5) is 36.5. The molecule has 0 spiro atoms. The van der Waals surface area contributed by atoms with Gasteiger partial charge < -0.3 is 19.7 Å². The third kappa shape index (κ3) is 6.96. The minimum Gasteiger partial charge on any atom is -0.494 e. The van der Waals surface area contributed by atoms with Gasteiger partial charge in [-0.2, -0.15) is 0 Å². The first kappa shape index (κ1) is 19.5. The van der Waals surface area contributed by atoms with E-state index in [1.165, 1.54) is 18.0 Å². The summed E-state index contributed by atoms with van der Waals surface area (Å²) in [6.45, 7) is 2.04. The van der Waals surface area contributed by atoms with Gasteiger partial charge in [0.2, 0.25) is 5.91 Å². The number of amides is 2. The number of ether oxygens (including phenoxy) is 2. The Kier molecular flexibility index (Phi) is 7.20. The van der Waals surface area contributed by atoms with Gasteiger partial charge in [0.15, 0.2) is 6.61 Å². The first-order valence-electron chi connectivity index (χ1n) is 8.59. The van der Waals surface area contributed by atoms with E-state index in [0.717, 1.165) is 24.2 Å². The number of rotatable bonds is 9. The van der Waals surface area contributed by atoms with Crippen molar-refractivity contribution in [3.8, 4) is 5.75 Å². The van der Waals surface area contributed by atoms with E-state index in [9.17, 15) is 14.4 Å². The van der Waals surface area contributed by atoms with Crippen LogP contribution in [0.4, 0.5) is 0 Å². The number of benzene rings is 1. The lowest BCUT2D eigenvalue weighted by Crippen LogP contribution is -2.40. The zero-order valence-corrected chi connectivity index (χ0v) is 15.1. The molecule has 0 atom stereocenters. The molecule has 0 bridgehead atoms. The van der Waals surface area contributed by atoms with Crippen molar-refractivity contribution in [1.29, 1.82) is 0 Å². The summed E-state index contributed by atoms with van der Waals surface area (Å²) in [5.41, 5.74) is 0.811. The Morgan fingerprint density at radius 3 is 2.54 bits per heavy atom. The van der Waals surface area contributed by atoms with Crippen LogP contribution >= 0.6 is 0 Å². The zero-order chi connectivity index (χ0) is 18.9. The number of likely N-dealkylation sites (N-methyl/N-ethyl adjacent to an activating group) is 1. The van der Waals surface area contributed by atoms with Crippen LogP contribution in [0, 0.1) is 0 Å². The van der Waals surface area contributed by atoms with E-state index in [1.807, 2.05) is 19.1 Å². The molecular formula is C19H24N2O5. The quantitative estimate of drug-likeness (QED) is 0.531. The maximum atomic E-state index is 11.9. The normalized spacial score (nSPS) is 13.3. The molecule has 0 aromatic heterocycles. The van der Waals surface area contributed by atoms with E-state index in [0.29, 0.717) is 6.61 Å². The van der Waals surface area contributed by atoms with E-state index in [4.69, 9.17) is 9.47 Å². The summed E-state index contributed by atoms with van der Waals surface area (Å²) in [5, 5.41) is 2.79. The Bertz CT molecular complexity index is 665. The van der Waals surface area contributed by atoms with Gasteiger partial charge in [-0.3, -0.25) is 9.59 Å². The highest BCUT2D eigenvalue weighted by Gasteiger charge is 2.24. The van der Waals surface area contributed by atoms with Crippen molar-refractivity contribution < 1.29 is 23.9 Å². The summed E-state index contributed by atoms with van der Waals surface area (Å²) < 4.78 is 10.3. The molecular weight excluding hydrogens is 336 g/mol. The van der Waals surface area contributed by atoms with E-state index < -0.39 is 18.5 Å². The lowest BCUT2D eigenvalue weighted by Gasteiger charge is -2.16. The lowest BCUT2D eigenvalue weighted by molar-refractivity contribution is -0.148. The van der Waals surface area contributed by atoms with E-state index in [2.05, 4.69) is 5.32 Å². The summed E-state index contributed by atoms with van der Waals surface area (Å²) in [5.74, 6) is -0.501. The first-order chi connectivity index (χ1) is 12.5. The Morgan fingerprint density at radius 1 is 1.23 bits per heavy atom. The molecule has 26 heavy (non-hydrogen) atoms. The molecule has 0 saturated heterocycles. The Hall–Kier alpha value is -2.83. The zero-order valence-electron chi connectivity index (χ0n) is 15.1. The van der Waals surface area contributed by atoms with Crippen LogP contribution in [0.3, 0.4) is 0 Å². The van der Waals surface area contributed by atoms with Crippen LogP contribution in [0.5, 0.6) is 5.75 Å². The summed E-state index contributed by atoms with van der Waals surface area (Å²) >= 11 is 0. The van der Waals surface area contributed by atoms with Gasteiger partial charge in [-0.05, 0) is 43.5 Å². The molecule has 0 radical (unpaired) electrons. The molecule has 7 heteroatoms. The molecule has 1 aromatic rings. The minimum atomic E-state index is -0.622. The molecule has 1 aliphatic carbocycles. The van der Waals surface area contributed by atoms with E-state index >= 15 is 0 Å². The second-order valence-corrected chi connectivity index (χ2v) is 6.03. The third-order valence-corrected chi connectivity index (χ3v) is 3.69. The largest absolute Gasteiger partial charge is 0.494 e. The molecule has 1 aliphatic rings. The van der Waals surface area contributed by atoms with Crippen LogP contribution in [0.25, 0.3) is 6.08 Å². The second-order valence-electron chi connectivity index (χ2n) is 6.03. The highest BCUT2D eigenvalue weighted by Crippen LogP contribution is 2.18. The van der Waals surface area contributed by atoms with Crippen molar-refractivity contribution in [2.45, 2.75) is 25.8 Å². The molecule has 7 nitrogen and oxygen atoms in total. The van der Waals surface area contributed by atoms with Crippen LogP contribution in [-0.4, -0.2) is 55.5 Å².